The Kier molecular flexibility index (Phi) is 4.43. The molecule has 100 valence electrons. The summed E-state index contributed by atoms with van der Waals surface area (Å²) in [4.78, 5) is 0. The van der Waals surface area contributed by atoms with Crippen molar-refractivity contribution in [1.82, 2.24) is 0 Å². The first-order valence-electron chi connectivity index (χ1n) is 5.81. The van der Waals surface area contributed by atoms with Gasteiger partial charge in [0.2, 0.25) is 0 Å². The number of halogens is 4. The highest BCUT2D eigenvalue weighted by molar-refractivity contribution is 6.30. The van der Waals surface area contributed by atoms with Gasteiger partial charge in [0.25, 0.3) is 0 Å². The van der Waals surface area contributed by atoms with Crippen molar-refractivity contribution >= 4 is 23.2 Å². The van der Waals surface area contributed by atoms with Crippen LogP contribution in [0.15, 0.2) is 36.4 Å². The monoisotopic (exact) mass is 300 g/mol. The minimum Gasteiger partial charge on any atom is -0.204 e. The van der Waals surface area contributed by atoms with Gasteiger partial charge in [0.15, 0.2) is 11.6 Å². The molecule has 0 radical (unpaired) electrons. The first kappa shape index (κ1) is 14.3. The highest BCUT2D eigenvalue weighted by Gasteiger charge is 2.13. The quantitative estimate of drug-likeness (QED) is 0.661. The normalized spacial score (nSPS) is 12.5. The molecule has 4 heteroatoms. The Morgan fingerprint density at radius 2 is 1.79 bits per heavy atom. The van der Waals surface area contributed by atoms with Crippen molar-refractivity contribution < 1.29 is 8.78 Å². The van der Waals surface area contributed by atoms with E-state index in [0.29, 0.717) is 17.0 Å². The Bertz CT molecular complexity index is 597. The smallest absolute Gasteiger partial charge is 0.159 e. The molecule has 2 aromatic rings. The lowest BCUT2D eigenvalue weighted by molar-refractivity contribution is 0.507. The summed E-state index contributed by atoms with van der Waals surface area (Å²) in [5, 5.41) is 0.347. The molecule has 0 aromatic heterocycles. The molecule has 0 heterocycles. The number of hydrogen-bond donors (Lipinski definition) is 0. The van der Waals surface area contributed by atoms with Crippen LogP contribution in [0.2, 0.25) is 5.02 Å². The molecule has 0 nitrogen and oxygen atoms in total. The van der Waals surface area contributed by atoms with Crippen molar-refractivity contribution in [3.05, 3.63) is 69.7 Å². The summed E-state index contributed by atoms with van der Waals surface area (Å²) in [6.45, 7) is 1.92. The summed E-state index contributed by atoms with van der Waals surface area (Å²) in [6, 6.07) is 9.29. The van der Waals surface area contributed by atoms with Crippen LogP contribution in [0, 0.1) is 18.6 Å². The molecule has 0 fully saturated rings. The molecule has 0 saturated heterocycles. The number of benzene rings is 2. The second-order valence-electron chi connectivity index (χ2n) is 4.42. The van der Waals surface area contributed by atoms with E-state index in [-0.39, 0.29) is 5.38 Å². The fourth-order valence-corrected chi connectivity index (χ4v) is 2.62. The summed E-state index contributed by atoms with van der Waals surface area (Å²) in [7, 11) is 0. The third-order valence-corrected chi connectivity index (χ3v) is 3.59. The Hall–Kier alpha value is -1.12. The van der Waals surface area contributed by atoms with Crippen LogP contribution in [0.4, 0.5) is 8.78 Å². The van der Waals surface area contributed by atoms with Crippen molar-refractivity contribution in [2.75, 3.05) is 0 Å². The summed E-state index contributed by atoms with van der Waals surface area (Å²) in [6.07, 6.45) is 0.432. The summed E-state index contributed by atoms with van der Waals surface area (Å²) in [5.74, 6) is -1.70. The number of rotatable bonds is 3. The van der Waals surface area contributed by atoms with E-state index in [1.807, 2.05) is 19.1 Å². The van der Waals surface area contributed by atoms with Gasteiger partial charge in [-0.3, -0.25) is 0 Å². The first-order chi connectivity index (χ1) is 8.97. The number of hydrogen-bond acceptors (Lipinski definition) is 0. The predicted molar refractivity (Wildman–Crippen MR) is 74.8 cm³/mol. The molecule has 0 bridgehead atoms. The maximum Gasteiger partial charge on any atom is 0.159 e. The fraction of sp³-hybridized carbons (Fsp3) is 0.200. The predicted octanol–water partition coefficient (Wildman–Crippen LogP) is 5.45. The fourth-order valence-electron chi connectivity index (χ4n) is 1.97. The Labute approximate surface area is 121 Å². The van der Waals surface area contributed by atoms with E-state index in [1.165, 1.54) is 6.07 Å². The Morgan fingerprint density at radius 1 is 1.05 bits per heavy atom. The van der Waals surface area contributed by atoms with Crippen LogP contribution in [0.5, 0.6) is 0 Å². The zero-order valence-electron chi connectivity index (χ0n) is 10.3. The summed E-state index contributed by atoms with van der Waals surface area (Å²) < 4.78 is 26.0. The van der Waals surface area contributed by atoms with E-state index in [1.54, 1.807) is 12.1 Å². The van der Waals surface area contributed by atoms with E-state index in [9.17, 15) is 8.78 Å². The zero-order chi connectivity index (χ0) is 14.0. The maximum absolute atomic E-state index is 13.1. The van der Waals surface area contributed by atoms with E-state index >= 15 is 0 Å². The minimum atomic E-state index is -0.853. The van der Waals surface area contributed by atoms with E-state index in [0.717, 1.165) is 17.2 Å². The third kappa shape index (κ3) is 3.46. The molecule has 0 aliphatic rings. The second kappa shape index (κ2) is 5.89. The van der Waals surface area contributed by atoms with Crippen LogP contribution in [-0.2, 0) is 6.42 Å². The molecule has 2 rings (SSSR count). The van der Waals surface area contributed by atoms with Gasteiger partial charge in [-0.05, 0) is 54.3 Å². The van der Waals surface area contributed by atoms with Gasteiger partial charge < -0.3 is 0 Å². The lowest BCUT2D eigenvalue weighted by atomic mass is 10.00. The molecule has 2 aromatic carbocycles. The lowest BCUT2D eigenvalue weighted by Crippen LogP contribution is -1.99. The van der Waals surface area contributed by atoms with Crippen LogP contribution in [0.3, 0.4) is 0 Å². The molecule has 0 amide bonds. The molecule has 0 saturated carbocycles. The van der Waals surface area contributed by atoms with E-state index in [2.05, 4.69) is 0 Å². The van der Waals surface area contributed by atoms with Crippen LogP contribution in [-0.4, -0.2) is 0 Å². The number of aryl methyl sites for hydroxylation is 1. The Morgan fingerprint density at radius 3 is 2.42 bits per heavy atom. The lowest BCUT2D eigenvalue weighted by Gasteiger charge is -2.13. The van der Waals surface area contributed by atoms with Gasteiger partial charge in [0, 0.05) is 5.02 Å². The molecule has 19 heavy (non-hydrogen) atoms. The largest absolute Gasteiger partial charge is 0.204 e. The minimum absolute atomic E-state index is 0.304. The highest BCUT2D eigenvalue weighted by Crippen LogP contribution is 2.29. The van der Waals surface area contributed by atoms with Gasteiger partial charge in [-0.2, -0.15) is 0 Å². The molecular formula is C15H12Cl2F2. The van der Waals surface area contributed by atoms with Gasteiger partial charge in [-0.25, -0.2) is 8.78 Å². The third-order valence-electron chi connectivity index (χ3n) is 2.97. The Balaban J connectivity index is 2.20. The molecule has 0 aliphatic carbocycles. The van der Waals surface area contributed by atoms with Crippen molar-refractivity contribution in [3.8, 4) is 0 Å². The number of alkyl halides is 1. The first-order valence-corrected chi connectivity index (χ1v) is 6.63. The van der Waals surface area contributed by atoms with Gasteiger partial charge in [0.05, 0.1) is 5.38 Å². The van der Waals surface area contributed by atoms with Gasteiger partial charge in [-0.1, -0.05) is 23.7 Å². The summed E-state index contributed by atoms with van der Waals surface area (Å²) in [5.41, 5.74) is 2.58. The molecule has 1 unspecified atom stereocenters. The standard InChI is InChI=1S/C15H12Cl2F2/c1-9-6-11(16)3-4-12(9)13(17)7-10-2-5-14(18)15(19)8-10/h2-6,8,13H,7H2,1H3. The van der Waals surface area contributed by atoms with Crippen molar-refractivity contribution in [2.24, 2.45) is 0 Å². The van der Waals surface area contributed by atoms with Crippen LogP contribution < -0.4 is 0 Å². The van der Waals surface area contributed by atoms with Crippen molar-refractivity contribution in [2.45, 2.75) is 18.7 Å². The van der Waals surface area contributed by atoms with Gasteiger partial charge >= 0.3 is 0 Å². The maximum atomic E-state index is 13.1. The molecule has 0 aliphatic heterocycles. The topological polar surface area (TPSA) is 0 Å². The SMILES string of the molecule is Cc1cc(Cl)ccc1C(Cl)Cc1ccc(F)c(F)c1. The van der Waals surface area contributed by atoms with E-state index in [4.69, 9.17) is 23.2 Å². The van der Waals surface area contributed by atoms with Gasteiger partial charge in [-0.15, -0.1) is 11.6 Å². The second-order valence-corrected chi connectivity index (χ2v) is 5.38. The molecule has 1 atom stereocenters. The highest BCUT2D eigenvalue weighted by atomic mass is 35.5. The average Bonchev–Trinajstić information content (AvgIpc) is 2.33. The molecular weight excluding hydrogens is 289 g/mol. The van der Waals surface area contributed by atoms with Gasteiger partial charge in [0.1, 0.15) is 0 Å². The summed E-state index contributed by atoms with van der Waals surface area (Å²) >= 11 is 12.2. The molecule has 0 N–H and O–H groups in total. The molecule has 0 spiro atoms. The van der Waals surface area contributed by atoms with Crippen molar-refractivity contribution in [1.29, 1.82) is 0 Å². The van der Waals surface area contributed by atoms with E-state index < -0.39 is 11.6 Å². The average molecular weight is 301 g/mol. The van der Waals surface area contributed by atoms with Crippen LogP contribution in [0.1, 0.15) is 22.1 Å². The van der Waals surface area contributed by atoms with Crippen LogP contribution >= 0.6 is 23.2 Å². The van der Waals surface area contributed by atoms with Crippen LogP contribution in [0.25, 0.3) is 0 Å². The zero-order valence-corrected chi connectivity index (χ0v) is 11.8. The van der Waals surface area contributed by atoms with Crippen molar-refractivity contribution in [3.63, 3.8) is 0 Å².